The molecule has 2 aliphatic heterocycles. The highest BCUT2D eigenvalue weighted by atomic mass is 35.5. The van der Waals surface area contributed by atoms with E-state index in [0.717, 1.165) is 35.0 Å². The quantitative estimate of drug-likeness (QED) is 0.465. The van der Waals surface area contributed by atoms with Gasteiger partial charge in [0.05, 0.1) is 17.3 Å². The van der Waals surface area contributed by atoms with Gasteiger partial charge in [-0.2, -0.15) is 4.31 Å². The molecule has 0 unspecified atom stereocenters. The lowest BCUT2D eigenvalue weighted by Gasteiger charge is -2.35. The predicted octanol–water partition coefficient (Wildman–Crippen LogP) is 3.78. The Morgan fingerprint density at radius 1 is 1.19 bits per heavy atom. The number of fused-ring (bicyclic) bond motifs is 1. The Kier molecular flexibility index (Phi) is 6.46. The van der Waals surface area contributed by atoms with Gasteiger partial charge >= 0.3 is 0 Å². The number of anilines is 1. The number of H-pyrrole nitrogens is 1. The van der Waals surface area contributed by atoms with Gasteiger partial charge in [-0.25, -0.2) is 17.8 Å². The second-order valence-corrected chi connectivity index (χ2v) is 12.6. The number of alkyl halides is 1. The number of hydrogen-bond donors (Lipinski definition) is 1. The Labute approximate surface area is 220 Å². The SMILES string of the molecule is O=C1CN(S(=O)(=O)CCCN2CC(F)C2)CCN1c1cccc(-c2cnc3[nH]cc(C4CC4)c3c2Cl)c1. The molecule has 1 amide bonds. The van der Waals surface area contributed by atoms with Crippen LogP contribution in [0.3, 0.4) is 0 Å². The smallest absolute Gasteiger partial charge is 0.242 e. The van der Waals surface area contributed by atoms with Gasteiger partial charge in [0, 0.05) is 55.2 Å². The number of carbonyl (C=O) groups is 1. The van der Waals surface area contributed by atoms with Gasteiger partial charge in [0.2, 0.25) is 15.9 Å². The zero-order chi connectivity index (χ0) is 25.7. The van der Waals surface area contributed by atoms with Crippen LogP contribution in [0.15, 0.2) is 36.7 Å². The number of benzene rings is 1. The number of halogens is 2. The zero-order valence-corrected chi connectivity index (χ0v) is 21.9. The Morgan fingerprint density at radius 3 is 2.73 bits per heavy atom. The molecule has 0 atom stereocenters. The van der Waals surface area contributed by atoms with Gasteiger partial charge in [0.15, 0.2) is 0 Å². The lowest BCUT2D eigenvalue weighted by atomic mass is 10.0. The molecule has 3 aromatic rings. The Hall–Kier alpha value is -2.53. The molecule has 6 rings (SSSR count). The molecule has 1 aromatic carbocycles. The number of amides is 1. The average molecular weight is 546 g/mol. The van der Waals surface area contributed by atoms with E-state index in [1.54, 1.807) is 11.1 Å². The van der Waals surface area contributed by atoms with Crippen molar-refractivity contribution >= 4 is 44.3 Å². The molecule has 1 aliphatic carbocycles. The number of aromatic nitrogens is 2. The third-order valence-corrected chi connectivity index (χ3v) is 9.82. The van der Waals surface area contributed by atoms with Gasteiger partial charge in [-0.15, -0.1) is 0 Å². The van der Waals surface area contributed by atoms with Crippen molar-refractivity contribution in [1.82, 2.24) is 19.2 Å². The number of hydrogen-bond acceptors (Lipinski definition) is 5. The summed E-state index contributed by atoms with van der Waals surface area (Å²) in [7, 11) is -3.56. The minimum absolute atomic E-state index is 0.0425. The summed E-state index contributed by atoms with van der Waals surface area (Å²) in [6.45, 7) is 1.61. The average Bonchev–Trinajstić information content (AvgIpc) is 3.61. The summed E-state index contributed by atoms with van der Waals surface area (Å²) in [5.74, 6) is 0.216. The van der Waals surface area contributed by atoms with Gasteiger partial charge in [0.1, 0.15) is 11.8 Å². The molecule has 37 heavy (non-hydrogen) atoms. The van der Waals surface area contributed by atoms with E-state index in [9.17, 15) is 17.6 Å². The third kappa shape index (κ3) is 4.87. The normalized spacial score (nSPS) is 20.1. The van der Waals surface area contributed by atoms with Crippen LogP contribution in [0.25, 0.3) is 22.2 Å². The summed E-state index contributed by atoms with van der Waals surface area (Å²) in [5, 5.41) is 1.60. The van der Waals surface area contributed by atoms with Gasteiger partial charge in [0.25, 0.3) is 0 Å². The first-order chi connectivity index (χ1) is 17.8. The van der Waals surface area contributed by atoms with E-state index in [-0.39, 0.29) is 31.3 Å². The Morgan fingerprint density at radius 2 is 2.00 bits per heavy atom. The number of carbonyl (C=O) groups excluding carboxylic acids is 1. The molecule has 4 heterocycles. The van der Waals surface area contributed by atoms with Gasteiger partial charge < -0.3 is 9.88 Å². The van der Waals surface area contributed by atoms with E-state index in [1.807, 2.05) is 35.4 Å². The van der Waals surface area contributed by atoms with Crippen molar-refractivity contribution in [3.05, 3.63) is 47.2 Å². The van der Waals surface area contributed by atoms with Crippen molar-refractivity contribution in [2.24, 2.45) is 0 Å². The van der Waals surface area contributed by atoms with Crippen molar-refractivity contribution in [3.8, 4) is 11.1 Å². The fourth-order valence-corrected chi connectivity index (χ4v) is 7.07. The van der Waals surface area contributed by atoms with E-state index in [4.69, 9.17) is 11.6 Å². The van der Waals surface area contributed by atoms with Crippen LogP contribution in [0, 0.1) is 0 Å². The molecule has 3 fully saturated rings. The van der Waals surface area contributed by atoms with E-state index in [1.165, 1.54) is 9.87 Å². The van der Waals surface area contributed by atoms with Gasteiger partial charge in [-0.3, -0.25) is 9.69 Å². The molecule has 2 aromatic heterocycles. The number of aromatic amines is 1. The fourth-order valence-electron chi connectivity index (χ4n) is 5.29. The first-order valence-electron chi connectivity index (χ1n) is 12.7. The topological polar surface area (TPSA) is 89.6 Å². The number of nitrogens with one attached hydrogen (secondary N) is 1. The molecule has 0 radical (unpaired) electrons. The highest BCUT2D eigenvalue weighted by Crippen LogP contribution is 2.46. The number of likely N-dealkylation sites (tertiary alicyclic amines) is 1. The number of nitrogens with zero attached hydrogens (tertiary/aromatic N) is 4. The first-order valence-corrected chi connectivity index (χ1v) is 14.7. The maximum Gasteiger partial charge on any atom is 0.242 e. The molecule has 2 saturated heterocycles. The molecular weight excluding hydrogens is 517 g/mol. The Balaban J connectivity index is 1.16. The van der Waals surface area contributed by atoms with Crippen LogP contribution in [-0.2, 0) is 14.8 Å². The van der Waals surface area contributed by atoms with E-state index >= 15 is 0 Å². The van der Waals surface area contributed by atoms with Gasteiger partial charge in [-0.1, -0.05) is 23.7 Å². The minimum Gasteiger partial charge on any atom is -0.346 e. The molecule has 8 nitrogen and oxygen atoms in total. The summed E-state index contributed by atoms with van der Waals surface area (Å²) in [4.78, 5) is 24.4. The lowest BCUT2D eigenvalue weighted by Crippen LogP contribution is -2.53. The van der Waals surface area contributed by atoms with Crippen molar-refractivity contribution < 1.29 is 17.6 Å². The third-order valence-electron chi connectivity index (χ3n) is 7.52. The van der Waals surface area contributed by atoms with Crippen molar-refractivity contribution in [2.75, 3.05) is 49.9 Å². The molecule has 196 valence electrons. The zero-order valence-electron chi connectivity index (χ0n) is 20.4. The van der Waals surface area contributed by atoms with E-state index in [0.29, 0.717) is 42.7 Å². The molecule has 11 heteroatoms. The molecule has 3 aliphatic rings. The highest BCUT2D eigenvalue weighted by molar-refractivity contribution is 7.89. The van der Waals surface area contributed by atoms with Crippen LogP contribution in [-0.4, -0.2) is 84.7 Å². The second kappa shape index (κ2) is 9.65. The molecule has 0 bridgehead atoms. The fraction of sp³-hybridized carbons (Fsp3) is 0.462. The van der Waals surface area contributed by atoms with Crippen LogP contribution in [0.4, 0.5) is 10.1 Å². The molecular formula is C26H29ClFN5O3S. The standard InChI is InChI=1S/C26H29ClFN5O3S/c27-25-22(13-30-26-24(25)21(12-29-26)17-5-6-17)18-3-1-4-20(11-18)33-9-8-32(16-23(33)34)37(35,36)10-2-7-31-14-19(28)15-31/h1,3-4,11-13,17,19H,2,5-10,14-16H2,(H,29,30). The summed E-state index contributed by atoms with van der Waals surface area (Å²) in [6, 6.07) is 7.57. The molecule has 1 N–H and O–H groups in total. The number of rotatable bonds is 8. The van der Waals surface area contributed by atoms with Crippen LogP contribution in [0.5, 0.6) is 0 Å². The van der Waals surface area contributed by atoms with E-state index < -0.39 is 16.2 Å². The summed E-state index contributed by atoms with van der Waals surface area (Å²) in [5.41, 5.74) is 4.33. The van der Waals surface area contributed by atoms with Crippen LogP contribution in [0.2, 0.25) is 5.02 Å². The lowest BCUT2D eigenvalue weighted by molar-refractivity contribution is -0.119. The summed E-state index contributed by atoms with van der Waals surface area (Å²) < 4.78 is 39.8. The number of pyridine rings is 1. The first kappa shape index (κ1) is 24.8. The number of piperazine rings is 1. The van der Waals surface area contributed by atoms with E-state index in [2.05, 4.69) is 9.97 Å². The van der Waals surface area contributed by atoms with Crippen LogP contribution < -0.4 is 4.90 Å². The number of sulfonamides is 1. The van der Waals surface area contributed by atoms with Gasteiger partial charge in [-0.05, 0) is 55.0 Å². The highest BCUT2D eigenvalue weighted by Gasteiger charge is 2.33. The molecule has 0 spiro atoms. The summed E-state index contributed by atoms with van der Waals surface area (Å²) >= 11 is 6.88. The Bertz CT molecular complexity index is 1450. The van der Waals surface area contributed by atoms with Crippen LogP contribution in [0.1, 0.15) is 30.7 Å². The van der Waals surface area contributed by atoms with Crippen molar-refractivity contribution in [2.45, 2.75) is 31.4 Å². The monoisotopic (exact) mass is 545 g/mol. The maximum absolute atomic E-state index is 13.0. The maximum atomic E-state index is 13.0. The van der Waals surface area contributed by atoms with Crippen molar-refractivity contribution in [1.29, 1.82) is 0 Å². The van der Waals surface area contributed by atoms with Crippen LogP contribution >= 0.6 is 11.6 Å². The predicted molar refractivity (Wildman–Crippen MR) is 142 cm³/mol. The minimum atomic E-state index is -3.56. The second-order valence-electron chi connectivity index (χ2n) is 10.2. The van der Waals surface area contributed by atoms with Crippen molar-refractivity contribution in [3.63, 3.8) is 0 Å². The summed E-state index contributed by atoms with van der Waals surface area (Å²) in [6.07, 6.45) is 5.68. The largest absolute Gasteiger partial charge is 0.346 e. The molecule has 1 saturated carbocycles.